The molecule has 1 N–H and O–H groups in total. The van der Waals surface area contributed by atoms with E-state index < -0.39 is 17.8 Å². The smallest absolute Gasteiger partial charge is 0.349 e. The number of rotatable bonds is 7. The minimum absolute atomic E-state index is 0.0736. The molecule has 9 heteroatoms. The van der Waals surface area contributed by atoms with Crippen molar-refractivity contribution in [1.29, 1.82) is 0 Å². The predicted octanol–water partition coefficient (Wildman–Crippen LogP) is 6.33. The number of esters is 2. The Labute approximate surface area is 199 Å². The number of amides is 1. The number of carbonyl (C=O) groups is 3. The molecule has 0 saturated heterocycles. The molecule has 32 heavy (non-hydrogen) atoms. The summed E-state index contributed by atoms with van der Waals surface area (Å²) in [7, 11) is 0. The van der Waals surface area contributed by atoms with Crippen LogP contribution in [0.3, 0.4) is 0 Å². The summed E-state index contributed by atoms with van der Waals surface area (Å²) in [6.07, 6.45) is 0. The van der Waals surface area contributed by atoms with Gasteiger partial charge in [0.25, 0.3) is 5.91 Å². The molecule has 166 valence electrons. The number of ether oxygens (including phenoxy) is 2. The molecule has 0 radical (unpaired) electrons. The maximum atomic E-state index is 12.9. The number of hydrogen-bond acceptors (Lipinski definition) is 6. The van der Waals surface area contributed by atoms with Crippen LogP contribution in [0, 0.1) is 0 Å². The lowest BCUT2D eigenvalue weighted by Crippen LogP contribution is -2.15. The standard InChI is InChI=1S/C23H19Cl2NO5S/c1-3-30-22(28)18-17(13-8-6-5-7-9-13)19(23(29)31-4-2)32-21(18)26-20(27)15-11-10-14(24)12-16(15)25/h5-12H,3-4H2,1-2H3,(H,26,27). The Bertz CT molecular complexity index is 1160. The molecule has 2 aromatic carbocycles. The largest absolute Gasteiger partial charge is 0.462 e. The summed E-state index contributed by atoms with van der Waals surface area (Å²) in [5, 5.41) is 3.38. The highest BCUT2D eigenvalue weighted by molar-refractivity contribution is 7.19. The van der Waals surface area contributed by atoms with E-state index in [1.54, 1.807) is 38.1 Å². The van der Waals surface area contributed by atoms with Crippen molar-refractivity contribution in [2.24, 2.45) is 0 Å². The topological polar surface area (TPSA) is 81.7 Å². The third-order valence-electron chi connectivity index (χ3n) is 4.31. The van der Waals surface area contributed by atoms with Gasteiger partial charge in [0.2, 0.25) is 0 Å². The van der Waals surface area contributed by atoms with E-state index in [-0.39, 0.29) is 39.2 Å². The second-order valence-electron chi connectivity index (χ2n) is 6.40. The van der Waals surface area contributed by atoms with E-state index in [0.29, 0.717) is 16.1 Å². The van der Waals surface area contributed by atoms with Crippen molar-refractivity contribution in [3.05, 3.63) is 74.6 Å². The van der Waals surface area contributed by atoms with Crippen LogP contribution in [-0.4, -0.2) is 31.1 Å². The number of thiophene rings is 1. The molecule has 6 nitrogen and oxygen atoms in total. The minimum atomic E-state index is -0.671. The van der Waals surface area contributed by atoms with Gasteiger partial charge in [-0.15, -0.1) is 11.3 Å². The van der Waals surface area contributed by atoms with Gasteiger partial charge in [-0.1, -0.05) is 53.5 Å². The molecule has 0 aliphatic rings. The predicted molar refractivity (Wildman–Crippen MR) is 126 cm³/mol. The first-order valence-electron chi connectivity index (χ1n) is 9.70. The number of nitrogens with one attached hydrogen (secondary N) is 1. The molecule has 1 aromatic heterocycles. The summed E-state index contributed by atoms with van der Waals surface area (Å²) >= 11 is 13.0. The Morgan fingerprint density at radius 2 is 1.59 bits per heavy atom. The van der Waals surface area contributed by atoms with Crippen molar-refractivity contribution in [1.82, 2.24) is 0 Å². The lowest BCUT2D eigenvalue weighted by Gasteiger charge is -2.10. The Balaban J connectivity index is 2.17. The molecule has 3 rings (SSSR count). The van der Waals surface area contributed by atoms with Gasteiger partial charge in [0, 0.05) is 10.6 Å². The molecule has 1 heterocycles. The van der Waals surface area contributed by atoms with Gasteiger partial charge in [0.15, 0.2) is 0 Å². The van der Waals surface area contributed by atoms with Crippen LogP contribution in [0.25, 0.3) is 11.1 Å². The molecule has 0 atom stereocenters. The number of benzene rings is 2. The molecule has 0 aliphatic heterocycles. The SMILES string of the molecule is CCOC(=O)c1sc(NC(=O)c2ccc(Cl)cc2Cl)c(C(=O)OCC)c1-c1ccccc1. The normalized spacial score (nSPS) is 10.5. The minimum Gasteiger partial charge on any atom is -0.462 e. The lowest BCUT2D eigenvalue weighted by atomic mass is 10.0. The summed E-state index contributed by atoms with van der Waals surface area (Å²) in [6.45, 7) is 3.63. The lowest BCUT2D eigenvalue weighted by molar-refractivity contribution is 0.0528. The molecule has 0 aliphatic carbocycles. The van der Waals surface area contributed by atoms with Crippen molar-refractivity contribution < 1.29 is 23.9 Å². The Morgan fingerprint density at radius 3 is 2.22 bits per heavy atom. The van der Waals surface area contributed by atoms with E-state index in [2.05, 4.69) is 5.32 Å². The van der Waals surface area contributed by atoms with Crippen molar-refractivity contribution >= 4 is 57.4 Å². The summed E-state index contributed by atoms with van der Waals surface area (Å²) in [6, 6.07) is 13.3. The molecule has 3 aromatic rings. The van der Waals surface area contributed by atoms with E-state index in [1.807, 2.05) is 6.07 Å². The molecule has 0 fully saturated rings. The van der Waals surface area contributed by atoms with E-state index in [4.69, 9.17) is 32.7 Å². The number of hydrogen-bond donors (Lipinski definition) is 1. The summed E-state index contributed by atoms with van der Waals surface area (Å²) in [5.74, 6) is -1.84. The van der Waals surface area contributed by atoms with E-state index >= 15 is 0 Å². The van der Waals surface area contributed by atoms with Crippen molar-refractivity contribution in [3.8, 4) is 11.1 Å². The first kappa shape index (κ1) is 23.8. The second kappa shape index (κ2) is 10.6. The maximum Gasteiger partial charge on any atom is 0.349 e. The van der Waals surface area contributed by atoms with Crippen LogP contribution in [0.15, 0.2) is 48.5 Å². The van der Waals surface area contributed by atoms with Crippen LogP contribution in [0.4, 0.5) is 5.00 Å². The molecular formula is C23H19Cl2NO5S. The molecule has 0 bridgehead atoms. The fraction of sp³-hybridized carbons (Fsp3) is 0.174. The first-order chi connectivity index (χ1) is 15.4. The first-order valence-corrected chi connectivity index (χ1v) is 11.3. The van der Waals surface area contributed by atoms with Gasteiger partial charge < -0.3 is 14.8 Å². The average Bonchev–Trinajstić information content (AvgIpc) is 3.14. The van der Waals surface area contributed by atoms with E-state index in [9.17, 15) is 14.4 Å². The summed E-state index contributed by atoms with van der Waals surface area (Å²) < 4.78 is 10.4. The van der Waals surface area contributed by atoms with E-state index in [0.717, 1.165) is 11.3 Å². The quantitative estimate of drug-likeness (QED) is 0.390. The Hall–Kier alpha value is -2.87. The van der Waals surface area contributed by atoms with Gasteiger partial charge in [0.05, 0.1) is 23.8 Å². The molecule has 0 unspecified atom stereocenters. The fourth-order valence-electron chi connectivity index (χ4n) is 2.98. The molecule has 1 amide bonds. The van der Waals surface area contributed by atoms with Gasteiger partial charge in [-0.05, 0) is 37.6 Å². The third kappa shape index (κ3) is 5.12. The van der Waals surface area contributed by atoms with Crippen LogP contribution >= 0.6 is 34.5 Å². The Kier molecular flexibility index (Phi) is 7.90. The fourth-order valence-corrected chi connectivity index (χ4v) is 4.58. The van der Waals surface area contributed by atoms with Gasteiger partial charge in [-0.3, -0.25) is 4.79 Å². The monoisotopic (exact) mass is 491 g/mol. The molecule has 0 saturated carbocycles. The van der Waals surface area contributed by atoms with Gasteiger partial charge in [-0.25, -0.2) is 9.59 Å². The number of carbonyl (C=O) groups excluding carboxylic acids is 3. The summed E-state index contributed by atoms with van der Waals surface area (Å²) in [4.78, 5) is 38.8. The molecule has 0 spiro atoms. The maximum absolute atomic E-state index is 12.9. The van der Waals surface area contributed by atoms with Gasteiger partial charge in [-0.2, -0.15) is 0 Å². The average molecular weight is 492 g/mol. The van der Waals surface area contributed by atoms with Crippen molar-refractivity contribution in [3.63, 3.8) is 0 Å². The summed E-state index contributed by atoms with van der Waals surface area (Å²) in [5.41, 5.74) is 1.19. The van der Waals surface area contributed by atoms with Crippen molar-refractivity contribution in [2.75, 3.05) is 18.5 Å². The van der Waals surface area contributed by atoms with Crippen LogP contribution in [0.1, 0.15) is 44.2 Å². The van der Waals surface area contributed by atoms with Crippen molar-refractivity contribution in [2.45, 2.75) is 13.8 Å². The zero-order valence-electron chi connectivity index (χ0n) is 17.2. The van der Waals surface area contributed by atoms with Gasteiger partial charge >= 0.3 is 11.9 Å². The van der Waals surface area contributed by atoms with Crippen LogP contribution in [-0.2, 0) is 9.47 Å². The van der Waals surface area contributed by atoms with Crippen LogP contribution in [0.5, 0.6) is 0 Å². The highest BCUT2D eigenvalue weighted by Gasteiger charge is 2.31. The zero-order chi connectivity index (χ0) is 23.3. The molecular weight excluding hydrogens is 473 g/mol. The Morgan fingerprint density at radius 1 is 0.938 bits per heavy atom. The van der Waals surface area contributed by atoms with E-state index in [1.165, 1.54) is 18.2 Å². The number of anilines is 1. The van der Waals surface area contributed by atoms with Crippen LogP contribution < -0.4 is 5.32 Å². The number of halogens is 2. The highest BCUT2D eigenvalue weighted by atomic mass is 35.5. The zero-order valence-corrected chi connectivity index (χ0v) is 19.6. The highest BCUT2D eigenvalue weighted by Crippen LogP contribution is 2.41. The van der Waals surface area contributed by atoms with Crippen LogP contribution in [0.2, 0.25) is 10.0 Å². The van der Waals surface area contributed by atoms with Gasteiger partial charge in [0.1, 0.15) is 15.4 Å². The second-order valence-corrected chi connectivity index (χ2v) is 8.26. The third-order valence-corrected chi connectivity index (χ3v) is 5.95.